The van der Waals surface area contributed by atoms with Crippen LogP contribution in [0.5, 0.6) is 0 Å². The molecule has 172 valence electrons. The Kier molecular flexibility index (Phi) is 7.12. The van der Waals surface area contributed by atoms with Crippen molar-refractivity contribution >= 4 is 34.7 Å². The van der Waals surface area contributed by atoms with E-state index in [1.807, 2.05) is 0 Å². The Labute approximate surface area is 194 Å². The molecule has 34 heavy (non-hydrogen) atoms. The lowest BCUT2D eigenvalue weighted by Gasteiger charge is -2.19. The van der Waals surface area contributed by atoms with Crippen molar-refractivity contribution in [2.24, 2.45) is 0 Å². The van der Waals surface area contributed by atoms with Crippen LogP contribution >= 0.6 is 0 Å². The number of nitro groups is 1. The van der Waals surface area contributed by atoms with Gasteiger partial charge in [-0.1, -0.05) is 24.8 Å². The van der Waals surface area contributed by atoms with E-state index in [4.69, 9.17) is 5.41 Å². The minimum atomic E-state index is -0.586. The number of nitro benzene ring substituents is 1. The Morgan fingerprint density at radius 3 is 2.38 bits per heavy atom. The van der Waals surface area contributed by atoms with E-state index in [1.165, 1.54) is 43.5 Å². The van der Waals surface area contributed by atoms with Gasteiger partial charge >= 0.3 is 0 Å². The highest BCUT2D eigenvalue weighted by Crippen LogP contribution is 2.28. The van der Waals surface area contributed by atoms with Crippen LogP contribution < -0.4 is 16.0 Å². The summed E-state index contributed by atoms with van der Waals surface area (Å²) in [5, 5.41) is 26.8. The predicted molar refractivity (Wildman–Crippen MR) is 126 cm³/mol. The highest BCUT2D eigenvalue weighted by atomic mass is 16.6. The van der Waals surface area contributed by atoms with Crippen LogP contribution in [0.25, 0.3) is 5.57 Å². The van der Waals surface area contributed by atoms with Gasteiger partial charge in [0.15, 0.2) is 0 Å². The standard InChI is InChI=1S/C24H21N5O5/c1-14-10-21(28-24(32)17-4-3-5-18(11-17)29(33)34)19(12-20(14)25)15-6-8-16(9-7-15)23(31)27-13-22(30)26-2/h3-12,25H,1,13H2,2H3,(H,26,30)(H,27,31)(H,28,32). The van der Waals surface area contributed by atoms with Gasteiger partial charge in [0.1, 0.15) is 0 Å². The first-order valence-corrected chi connectivity index (χ1v) is 10.1. The summed E-state index contributed by atoms with van der Waals surface area (Å²) in [6.07, 6.45) is 3.07. The second kappa shape index (κ2) is 10.2. The van der Waals surface area contributed by atoms with E-state index in [1.54, 1.807) is 24.3 Å². The quantitative estimate of drug-likeness (QED) is 0.370. The summed E-state index contributed by atoms with van der Waals surface area (Å²) in [6, 6.07) is 11.7. The summed E-state index contributed by atoms with van der Waals surface area (Å²) in [5.41, 5.74) is 2.23. The van der Waals surface area contributed by atoms with Crippen LogP contribution in [0.2, 0.25) is 0 Å². The second-order valence-electron chi connectivity index (χ2n) is 7.25. The summed E-state index contributed by atoms with van der Waals surface area (Å²) in [7, 11) is 1.47. The number of rotatable bonds is 7. The number of non-ortho nitro benzene ring substituents is 1. The van der Waals surface area contributed by atoms with Gasteiger partial charge in [-0.3, -0.25) is 24.5 Å². The van der Waals surface area contributed by atoms with Gasteiger partial charge < -0.3 is 21.4 Å². The third-order valence-electron chi connectivity index (χ3n) is 4.96. The van der Waals surface area contributed by atoms with E-state index in [2.05, 4.69) is 22.5 Å². The number of likely N-dealkylation sites (N-methyl/N-ethyl adjacent to an activating group) is 1. The molecule has 1 aliphatic rings. The van der Waals surface area contributed by atoms with E-state index in [0.717, 1.165) is 0 Å². The molecule has 4 N–H and O–H groups in total. The van der Waals surface area contributed by atoms with Crippen LogP contribution in [0.4, 0.5) is 5.69 Å². The molecule has 0 atom stereocenters. The fraction of sp³-hybridized carbons (Fsp3) is 0.0833. The zero-order valence-electron chi connectivity index (χ0n) is 18.2. The molecule has 0 saturated carbocycles. The number of amides is 3. The van der Waals surface area contributed by atoms with Crippen LogP contribution in [-0.4, -0.2) is 41.9 Å². The average molecular weight is 459 g/mol. The molecule has 0 aliphatic heterocycles. The van der Waals surface area contributed by atoms with E-state index in [9.17, 15) is 24.5 Å². The monoisotopic (exact) mass is 459 g/mol. The third kappa shape index (κ3) is 5.49. The molecule has 0 heterocycles. The number of nitrogens with one attached hydrogen (secondary N) is 4. The van der Waals surface area contributed by atoms with Crippen LogP contribution in [0, 0.1) is 15.5 Å². The Bertz CT molecular complexity index is 1270. The van der Waals surface area contributed by atoms with Gasteiger partial charge in [0.25, 0.3) is 17.5 Å². The molecule has 0 unspecified atom stereocenters. The zero-order valence-corrected chi connectivity index (χ0v) is 18.2. The summed E-state index contributed by atoms with van der Waals surface area (Å²) in [6.45, 7) is 3.64. The zero-order chi connectivity index (χ0) is 24.8. The molecule has 0 spiro atoms. The fourth-order valence-electron chi connectivity index (χ4n) is 3.09. The first-order chi connectivity index (χ1) is 16.2. The molecule has 3 rings (SSSR count). The molecule has 2 aromatic rings. The van der Waals surface area contributed by atoms with Crippen molar-refractivity contribution in [3.05, 3.63) is 105 Å². The molecule has 0 radical (unpaired) electrons. The van der Waals surface area contributed by atoms with E-state index >= 15 is 0 Å². The minimum Gasteiger partial charge on any atom is -0.358 e. The van der Waals surface area contributed by atoms with Gasteiger partial charge in [0.2, 0.25) is 5.91 Å². The van der Waals surface area contributed by atoms with Crippen LogP contribution in [0.15, 0.2) is 78.5 Å². The lowest BCUT2D eigenvalue weighted by atomic mass is 9.92. The highest BCUT2D eigenvalue weighted by Gasteiger charge is 2.20. The third-order valence-corrected chi connectivity index (χ3v) is 4.96. The van der Waals surface area contributed by atoms with Crippen LogP contribution in [0.1, 0.15) is 26.3 Å². The molecule has 0 bridgehead atoms. The first-order valence-electron chi connectivity index (χ1n) is 10.1. The van der Waals surface area contributed by atoms with Gasteiger partial charge in [-0.2, -0.15) is 0 Å². The predicted octanol–water partition coefficient (Wildman–Crippen LogP) is 2.36. The second-order valence-corrected chi connectivity index (χ2v) is 7.25. The maximum atomic E-state index is 12.8. The van der Waals surface area contributed by atoms with Gasteiger partial charge in [0.05, 0.1) is 17.2 Å². The lowest BCUT2D eigenvalue weighted by Crippen LogP contribution is -2.35. The number of benzene rings is 2. The van der Waals surface area contributed by atoms with Gasteiger partial charge in [-0.05, 0) is 41.5 Å². The number of allylic oxidation sites excluding steroid dienone is 4. The number of hydrogen-bond acceptors (Lipinski definition) is 6. The Morgan fingerprint density at radius 1 is 1.03 bits per heavy atom. The molecular formula is C24H21N5O5. The van der Waals surface area contributed by atoms with Crippen LogP contribution in [-0.2, 0) is 4.79 Å². The SMILES string of the molecule is C=C1C=C(NC(=O)c2cccc([N+](=O)[O-])c2)C(c2ccc(C(=O)NCC(=O)NC)cc2)=CC1=N. The highest BCUT2D eigenvalue weighted by molar-refractivity contribution is 6.16. The van der Waals surface area contributed by atoms with Crippen LogP contribution in [0.3, 0.4) is 0 Å². The van der Waals surface area contributed by atoms with Gasteiger partial charge in [-0.25, -0.2) is 0 Å². The van der Waals surface area contributed by atoms with Crippen molar-refractivity contribution in [2.45, 2.75) is 0 Å². The molecule has 0 saturated heterocycles. The first kappa shape index (κ1) is 23.8. The number of carbonyl (C=O) groups is 3. The van der Waals surface area contributed by atoms with E-state index < -0.39 is 16.7 Å². The number of nitrogens with zero attached hydrogens (tertiary/aromatic N) is 1. The molecule has 2 aromatic carbocycles. The van der Waals surface area contributed by atoms with Crippen molar-refractivity contribution < 1.29 is 19.3 Å². The normalized spacial score (nSPS) is 12.9. The summed E-state index contributed by atoms with van der Waals surface area (Å²) in [5.74, 6) is -1.32. The summed E-state index contributed by atoms with van der Waals surface area (Å²) in [4.78, 5) is 46.7. The fourth-order valence-corrected chi connectivity index (χ4v) is 3.09. The molecule has 1 aliphatic carbocycles. The molecular weight excluding hydrogens is 438 g/mol. The smallest absolute Gasteiger partial charge is 0.270 e. The maximum Gasteiger partial charge on any atom is 0.270 e. The van der Waals surface area contributed by atoms with E-state index in [0.29, 0.717) is 28.0 Å². The Balaban J connectivity index is 1.83. The maximum absolute atomic E-state index is 12.8. The topological polar surface area (TPSA) is 154 Å². The Hall–Kier alpha value is -4.86. The molecule has 3 amide bonds. The van der Waals surface area contributed by atoms with Gasteiger partial charge in [-0.15, -0.1) is 0 Å². The Morgan fingerprint density at radius 2 is 1.74 bits per heavy atom. The van der Waals surface area contributed by atoms with Crippen molar-refractivity contribution in [1.29, 1.82) is 5.41 Å². The molecule has 0 fully saturated rings. The van der Waals surface area contributed by atoms with Crippen molar-refractivity contribution in [3.8, 4) is 0 Å². The summed E-state index contributed by atoms with van der Waals surface area (Å²) >= 11 is 0. The van der Waals surface area contributed by atoms with E-state index in [-0.39, 0.29) is 29.4 Å². The molecule has 10 nitrogen and oxygen atoms in total. The van der Waals surface area contributed by atoms with Gasteiger partial charge in [0, 0.05) is 41.6 Å². The molecule has 10 heteroatoms. The van der Waals surface area contributed by atoms with Crippen molar-refractivity contribution in [2.75, 3.05) is 13.6 Å². The van der Waals surface area contributed by atoms with Crippen molar-refractivity contribution in [3.63, 3.8) is 0 Å². The molecule has 0 aromatic heterocycles. The largest absolute Gasteiger partial charge is 0.358 e. The average Bonchev–Trinajstić information content (AvgIpc) is 2.84. The number of hydrogen-bond donors (Lipinski definition) is 4. The summed E-state index contributed by atoms with van der Waals surface area (Å²) < 4.78 is 0. The number of carbonyl (C=O) groups excluding carboxylic acids is 3. The minimum absolute atomic E-state index is 0.101. The lowest BCUT2D eigenvalue weighted by molar-refractivity contribution is -0.384. The van der Waals surface area contributed by atoms with Crippen molar-refractivity contribution in [1.82, 2.24) is 16.0 Å².